The number of nitrogens with zero attached hydrogens (tertiary/aromatic N) is 1. The Morgan fingerprint density at radius 1 is 1.59 bits per heavy atom. The van der Waals surface area contributed by atoms with E-state index in [1.807, 2.05) is 0 Å². The van der Waals surface area contributed by atoms with Gasteiger partial charge in [-0.2, -0.15) is 0 Å². The molecule has 0 aliphatic heterocycles. The molecule has 0 aromatic heterocycles. The number of rotatable bonds is 4. The summed E-state index contributed by atoms with van der Waals surface area (Å²) in [6.07, 6.45) is 0. The van der Waals surface area contributed by atoms with Crippen LogP contribution in [0.1, 0.15) is 12.5 Å². The highest BCUT2D eigenvalue weighted by Crippen LogP contribution is 2.19. The molecule has 0 fully saturated rings. The van der Waals surface area contributed by atoms with Crippen LogP contribution in [0.5, 0.6) is 0 Å². The molecule has 0 bridgehead atoms. The number of nitrogens with one attached hydrogen (secondary N) is 1. The third kappa shape index (κ3) is 3.06. The van der Waals surface area contributed by atoms with Crippen molar-refractivity contribution >= 4 is 21.5 Å². The Balaban J connectivity index is 3.30. The maximum Gasteiger partial charge on any atom is 0.232 e. The monoisotopic (exact) mass is 261 g/mol. The fourth-order valence-corrected chi connectivity index (χ4v) is 1.81. The van der Waals surface area contributed by atoms with E-state index in [0.29, 0.717) is 0 Å². The summed E-state index contributed by atoms with van der Waals surface area (Å²) >= 11 is 0. The van der Waals surface area contributed by atoms with Crippen molar-refractivity contribution in [1.82, 2.24) is 0 Å². The minimum atomic E-state index is -3.56. The van der Waals surface area contributed by atoms with Gasteiger partial charge in [0.05, 0.1) is 17.0 Å². The molecular formula is C9H12FN3O3S. The molecule has 0 spiro atoms. The van der Waals surface area contributed by atoms with Gasteiger partial charge >= 0.3 is 0 Å². The van der Waals surface area contributed by atoms with Gasteiger partial charge in [0.15, 0.2) is 5.84 Å². The average Bonchev–Trinajstić information content (AvgIpc) is 2.28. The van der Waals surface area contributed by atoms with Gasteiger partial charge < -0.3 is 10.9 Å². The summed E-state index contributed by atoms with van der Waals surface area (Å²) in [5, 5.41) is 11.2. The number of hydrogen-bond donors (Lipinski definition) is 3. The van der Waals surface area contributed by atoms with Crippen LogP contribution in [-0.2, 0) is 10.0 Å². The second kappa shape index (κ2) is 5.00. The third-order valence-electron chi connectivity index (χ3n) is 2.02. The Kier molecular flexibility index (Phi) is 3.89. The fraction of sp³-hybridized carbons (Fsp3) is 0.222. The highest BCUT2D eigenvalue weighted by atomic mass is 32.2. The maximum atomic E-state index is 13.5. The first-order valence-electron chi connectivity index (χ1n) is 4.68. The average molecular weight is 261 g/mol. The van der Waals surface area contributed by atoms with Crippen LogP contribution in [0.25, 0.3) is 0 Å². The predicted molar refractivity (Wildman–Crippen MR) is 62.0 cm³/mol. The summed E-state index contributed by atoms with van der Waals surface area (Å²) in [5.74, 6) is -1.45. The number of sulfonamides is 1. The van der Waals surface area contributed by atoms with E-state index in [1.165, 1.54) is 19.1 Å². The Morgan fingerprint density at radius 3 is 2.76 bits per heavy atom. The third-order valence-corrected chi connectivity index (χ3v) is 3.31. The number of benzene rings is 1. The van der Waals surface area contributed by atoms with Gasteiger partial charge in [-0.25, -0.2) is 12.8 Å². The first-order valence-corrected chi connectivity index (χ1v) is 6.33. The van der Waals surface area contributed by atoms with Crippen molar-refractivity contribution in [2.45, 2.75) is 6.92 Å². The Morgan fingerprint density at radius 2 is 2.24 bits per heavy atom. The van der Waals surface area contributed by atoms with E-state index in [0.717, 1.165) is 6.07 Å². The molecule has 6 nitrogen and oxygen atoms in total. The van der Waals surface area contributed by atoms with Gasteiger partial charge in [-0.05, 0) is 19.1 Å². The molecule has 0 saturated carbocycles. The summed E-state index contributed by atoms with van der Waals surface area (Å²) in [6, 6.07) is 3.72. The number of amidine groups is 1. The van der Waals surface area contributed by atoms with E-state index >= 15 is 0 Å². The maximum absolute atomic E-state index is 13.5. The molecule has 1 rings (SSSR count). The van der Waals surface area contributed by atoms with Crippen LogP contribution >= 0.6 is 0 Å². The number of hydrogen-bond acceptors (Lipinski definition) is 4. The van der Waals surface area contributed by atoms with E-state index in [2.05, 4.69) is 9.88 Å². The zero-order chi connectivity index (χ0) is 13.1. The highest BCUT2D eigenvalue weighted by Gasteiger charge is 2.16. The minimum Gasteiger partial charge on any atom is -0.409 e. The van der Waals surface area contributed by atoms with Gasteiger partial charge in [0.25, 0.3) is 0 Å². The van der Waals surface area contributed by atoms with Gasteiger partial charge in [0, 0.05) is 0 Å². The molecular weight excluding hydrogens is 249 g/mol. The van der Waals surface area contributed by atoms with Gasteiger partial charge in [-0.3, -0.25) is 4.72 Å². The number of nitrogens with two attached hydrogens (primary N) is 1. The lowest BCUT2D eigenvalue weighted by molar-refractivity contribution is 0.318. The van der Waals surface area contributed by atoms with E-state index in [9.17, 15) is 12.8 Å². The van der Waals surface area contributed by atoms with Gasteiger partial charge in [0.2, 0.25) is 10.0 Å². The Hall–Kier alpha value is -1.83. The Labute approximate surface area is 98.0 Å². The van der Waals surface area contributed by atoms with Crippen molar-refractivity contribution in [2.75, 3.05) is 10.5 Å². The lowest BCUT2D eigenvalue weighted by atomic mass is 10.1. The van der Waals surface area contributed by atoms with Crippen molar-refractivity contribution in [2.24, 2.45) is 10.9 Å². The first-order chi connectivity index (χ1) is 7.91. The molecule has 0 aliphatic carbocycles. The number of oxime groups is 1. The summed E-state index contributed by atoms with van der Waals surface area (Å²) < 4.78 is 38.3. The number of halogens is 1. The van der Waals surface area contributed by atoms with E-state index in [-0.39, 0.29) is 17.0 Å². The van der Waals surface area contributed by atoms with Crippen LogP contribution < -0.4 is 10.5 Å². The molecule has 17 heavy (non-hydrogen) atoms. The standard InChI is InChI=1S/C9H12FN3O3S/c1-2-17(15,16)13-7-5-3-4-6(10)8(7)9(11)12-14/h3-5,13-14H,2H2,1H3,(H2,11,12). The summed E-state index contributed by atoms with van der Waals surface area (Å²) in [6.45, 7) is 1.44. The molecule has 8 heteroatoms. The lowest BCUT2D eigenvalue weighted by Crippen LogP contribution is -2.21. The largest absolute Gasteiger partial charge is 0.409 e. The summed E-state index contributed by atoms with van der Waals surface area (Å²) in [5.41, 5.74) is 4.93. The van der Waals surface area contributed by atoms with Crippen LogP contribution in [0.3, 0.4) is 0 Å². The zero-order valence-corrected chi connectivity index (χ0v) is 9.83. The molecule has 1 aromatic rings. The highest BCUT2D eigenvalue weighted by molar-refractivity contribution is 7.92. The van der Waals surface area contributed by atoms with Gasteiger partial charge in [0.1, 0.15) is 5.82 Å². The van der Waals surface area contributed by atoms with Crippen LogP contribution in [0.2, 0.25) is 0 Å². The smallest absolute Gasteiger partial charge is 0.232 e. The van der Waals surface area contributed by atoms with Crippen LogP contribution in [0.15, 0.2) is 23.4 Å². The second-order valence-electron chi connectivity index (χ2n) is 3.15. The molecule has 0 unspecified atom stereocenters. The molecule has 0 saturated heterocycles. The summed E-state index contributed by atoms with van der Waals surface area (Å²) in [7, 11) is -3.56. The normalized spacial score (nSPS) is 12.5. The first kappa shape index (κ1) is 13.2. The second-order valence-corrected chi connectivity index (χ2v) is 5.16. The number of anilines is 1. The van der Waals surface area contributed by atoms with Crippen LogP contribution in [0.4, 0.5) is 10.1 Å². The topological polar surface area (TPSA) is 105 Å². The van der Waals surface area contributed by atoms with Crippen molar-refractivity contribution in [3.8, 4) is 0 Å². The van der Waals surface area contributed by atoms with Crippen molar-refractivity contribution in [3.05, 3.63) is 29.6 Å². The van der Waals surface area contributed by atoms with E-state index in [4.69, 9.17) is 10.9 Å². The SMILES string of the molecule is CCS(=O)(=O)Nc1cccc(F)c1/C(N)=N/O. The summed E-state index contributed by atoms with van der Waals surface area (Å²) in [4.78, 5) is 0. The molecule has 0 heterocycles. The Bertz CT molecular complexity index is 542. The van der Waals surface area contributed by atoms with Crippen molar-refractivity contribution in [3.63, 3.8) is 0 Å². The molecule has 1 aromatic carbocycles. The van der Waals surface area contributed by atoms with Gasteiger partial charge in [-0.15, -0.1) is 0 Å². The van der Waals surface area contributed by atoms with Crippen molar-refractivity contribution < 1.29 is 18.0 Å². The van der Waals surface area contributed by atoms with Crippen molar-refractivity contribution in [1.29, 1.82) is 0 Å². The fourth-order valence-electron chi connectivity index (χ4n) is 1.16. The quantitative estimate of drug-likeness (QED) is 0.321. The molecule has 94 valence electrons. The molecule has 0 aliphatic rings. The molecule has 4 N–H and O–H groups in total. The van der Waals surface area contributed by atoms with Crippen LogP contribution in [-0.4, -0.2) is 25.2 Å². The van der Waals surface area contributed by atoms with Crippen LogP contribution in [0, 0.1) is 5.82 Å². The lowest BCUT2D eigenvalue weighted by Gasteiger charge is -2.11. The van der Waals surface area contributed by atoms with E-state index < -0.39 is 21.7 Å². The predicted octanol–water partition coefficient (Wildman–Crippen LogP) is 0.682. The zero-order valence-electron chi connectivity index (χ0n) is 9.01. The van der Waals surface area contributed by atoms with Gasteiger partial charge in [-0.1, -0.05) is 11.2 Å². The molecule has 0 amide bonds. The van der Waals surface area contributed by atoms with E-state index in [1.54, 1.807) is 0 Å². The minimum absolute atomic E-state index is 0.0675. The molecule has 0 radical (unpaired) electrons. The molecule has 0 atom stereocenters.